The van der Waals surface area contributed by atoms with Gasteiger partial charge in [0.15, 0.2) is 0 Å². The van der Waals surface area contributed by atoms with Crippen molar-refractivity contribution in [3.8, 4) is 0 Å². The van der Waals surface area contributed by atoms with E-state index in [9.17, 15) is 0 Å². The molecule has 0 saturated carbocycles. The van der Waals surface area contributed by atoms with Gasteiger partial charge in [-0.25, -0.2) is 0 Å². The predicted octanol–water partition coefficient (Wildman–Crippen LogP) is 4.85. The quantitative estimate of drug-likeness (QED) is 0.729. The van der Waals surface area contributed by atoms with Crippen LogP contribution in [0.1, 0.15) is 6.92 Å². The number of para-hydroxylation sites is 1. The number of hydrogen-bond acceptors (Lipinski definition) is 2. The molecule has 0 radical (unpaired) electrons. The lowest BCUT2D eigenvalue weighted by Gasteiger charge is -2.34. The number of benzene rings is 2. The van der Waals surface area contributed by atoms with E-state index in [0.29, 0.717) is 0 Å². The molecule has 20 heavy (non-hydrogen) atoms. The molecule has 1 aliphatic heterocycles. The van der Waals surface area contributed by atoms with Crippen LogP contribution in [0.25, 0.3) is 0 Å². The second-order valence-electron chi connectivity index (χ2n) is 6.22. The van der Waals surface area contributed by atoms with Crippen molar-refractivity contribution in [1.82, 2.24) is 0 Å². The second kappa shape index (κ2) is 4.97. The Morgan fingerprint density at radius 3 is 2.35 bits per heavy atom. The summed E-state index contributed by atoms with van der Waals surface area (Å²) in [5.41, 5.74) is 2.73. The summed E-state index contributed by atoms with van der Waals surface area (Å²) < 4.78 is 0. The van der Waals surface area contributed by atoms with Crippen LogP contribution in [-0.2, 0) is 0 Å². The monoisotopic (exact) mass is 299 g/mol. The highest BCUT2D eigenvalue weighted by atomic mass is 32.2. The lowest BCUT2D eigenvalue weighted by atomic mass is 10.2. The molecule has 0 saturated heterocycles. The Balaban J connectivity index is 2.22. The Kier molecular flexibility index (Phi) is 3.42. The van der Waals surface area contributed by atoms with Crippen LogP contribution in [0.4, 0.5) is 11.4 Å². The molecule has 0 fully saturated rings. The van der Waals surface area contributed by atoms with Crippen molar-refractivity contribution in [1.29, 1.82) is 0 Å². The molecule has 1 heterocycles. The molecule has 0 bridgehead atoms. The van der Waals surface area contributed by atoms with Crippen molar-refractivity contribution >= 4 is 36.4 Å². The Morgan fingerprint density at radius 2 is 1.65 bits per heavy atom. The van der Waals surface area contributed by atoms with Gasteiger partial charge in [-0.05, 0) is 30.3 Å². The van der Waals surface area contributed by atoms with Gasteiger partial charge in [-0.15, -0.1) is 0 Å². The molecule has 3 heteroatoms. The first-order valence-corrected chi connectivity index (χ1v) is 11.5. The number of hydrogen-bond donors (Lipinski definition) is 0. The summed E-state index contributed by atoms with van der Waals surface area (Å²) in [5.74, 6) is 0. The number of rotatable bonds is 2. The molecule has 3 rings (SSSR count). The molecule has 0 atom stereocenters. The molecule has 0 aromatic heterocycles. The molecule has 2 aromatic carbocycles. The fraction of sp³-hybridized carbons (Fsp3) is 0.294. The number of anilines is 2. The van der Waals surface area contributed by atoms with E-state index in [-0.39, 0.29) is 0 Å². The van der Waals surface area contributed by atoms with Gasteiger partial charge in [-0.2, -0.15) is 0 Å². The smallest absolute Gasteiger partial charge is 0.0791 e. The molecule has 104 valence electrons. The summed E-state index contributed by atoms with van der Waals surface area (Å²) in [4.78, 5) is 5.31. The third-order valence-corrected chi connectivity index (χ3v) is 7.19. The van der Waals surface area contributed by atoms with Crippen LogP contribution in [0, 0.1) is 0 Å². The minimum Gasteiger partial charge on any atom is -0.340 e. The third kappa shape index (κ3) is 2.19. The molecule has 1 aliphatic rings. The lowest BCUT2D eigenvalue weighted by molar-refractivity contribution is 0.982. The van der Waals surface area contributed by atoms with E-state index in [1.807, 2.05) is 11.8 Å². The molecule has 1 nitrogen and oxygen atoms in total. The zero-order valence-electron chi connectivity index (χ0n) is 12.6. The first-order valence-electron chi connectivity index (χ1n) is 7.20. The van der Waals surface area contributed by atoms with Gasteiger partial charge in [-0.3, -0.25) is 0 Å². The highest BCUT2D eigenvalue weighted by molar-refractivity contribution is 8.00. The lowest BCUT2D eigenvalue weighted by Crippen LogP contribution is -2.40. The Hall–Kier alpha value is -1.19. The van der Waals surface area contributed by atoms with Crippen molar-refractivity contribution < 1.29 is 0 Å². The molecular formula is C17H21NSSi. The summed E-state index contributed by atoms with van der Waals surface area (Å²) in [6.45, 7) is 10.5. The minimum atomic E-state index is -1.32. The first-order chi connectivity index (χ1) is 9.52. The van der Waals surface area contributed by atoms with Gasteiger partial charge in [-0.1, -0.05) is 55.7 Å². The van der Waals surface area contributed by atoms with Crippen LogP contribution >= 0.6 is 11.8 Å². The topological polar surface area (TPSA) is 3.24 Å². The van der Waals surface area contributed by atoms with E-state index < -0.39 is 8.07 Å². The molecule has 2 aromatic rings. The van der Waals surface area contributed by atoms with Gasteiger partial charge in [0.25, 0.3) is 0 Å². The maximum Gasteiger partial charge on any atom is 0.0791 e. The highest BCUT2D eigenvalue weighted by Crippen LogP contribution is 2.47. The molecule has 0 amide bonds. The van der Waals surface area contributed by atoms with Gasteiger partial charge in [0.05, 0.1) is 19.4 Å². The van der Waals surface area contributed by atoms with Crippen molar-refractivity contribution in [2.45, 2.75) is 36.4 Å². The van der Waals surface area contributed by atoms with Crippen LogP contribution in [0.15, 0.2) is 52.3 Å². The predicted molar refractivity (Wildman–Crippen MR) is 92.7 cm³/mol. The van der Waals surface area contributed by atoms with Crippen LogP contribution < -0.4 is 10.1 Å². The zero-order chi connectivity index (χ0) is 14.3. The van der Waals surface area contributed by atoms with E-state index in [4.69, 9.17) is 0 Å². The van der Waals surface area contributed by atoms with E-state index in [0.717, 1.165) is 6.54 Å². The summed E-state index contributed by atoms with van der Waals surface area (Å²) in [6.07, 6.45) is 0. The second-order valence-corrected chi connectivity index (χ2v) is 12.3. The van der Waals surface area contributed by atoms with Gasteiger partial charge in [0.2, 0.25) is 0 Å². The SMILES string of the molecule is CCN1c2ccccc2Sc2c1cccc2[Si](C)(C)C. The van der Waals surface area contributed by atoms with E-state index in [1.165, 1.54) is 21.2 Å². The molecular weight excluding hydrogens is 278 g/mol. The summed E-state index contributed by atoms with van der Waals surface area (Å²) >= 11 is 1.95. The summed E-state index contributed by atoms with van der Waals surface area (Å²) in [7, 11) is -1.32. The van der Waals surface area contributed by atoms with Crippen LogP contribution in [0.2, 0.25) is 19.6 Å². The largest absolute Gasteiger partial charge is 0.340 e. The minimum absolute atomic E-state index is 1.01. The first kappa shape index (κ1) is 13.8. The standard InChI is InChI=1S/C17H21NSSi/c1-5-18-13-9-6-7-11-15(13)19-17-14(18)10-8-12-16(17)20(2,3)4/h6-12H,5H2,1-4H3. The maximum absolute atomic E-state index is 2.45. The number of nitrogens with zero attached hydrogens (tertiary/aromatic N) is 1. The van der Waals surface area contributed by atoms with Crippen molar-refractivity contribution in [2.75, 3.05) is 11.4 Å². The highest BCUT2D eigenvalue weighted by Gasteiger charge is 2.28. The van der Waals surface area contributed by atoms with Crippen molar-refractivity contribution in [2.24, 2.45) is 0 Å². The fourth-order valence-electron chi connectivity index (χ4n) is 2.78. The molecule has 0 unspecified atom stereocenters. The molecule has 0 spiro atoms. The van der Waals surface area contributed by atoms with E-state index in [1.54, 1.807) is 5.19 Å². The van der Waals surface area contributed by atoms with Crippen LogP contribution in [0.5, 0.6) is 0 Å². The summed E-state index contributed by atoms with van der Waals surface area (Å²) in [5, 5.41) is 1.58. The maximum atomic E-state index is 2.45. The van der Waals surface area contributed by atoms with Gasteiger partial charge >= 0.3 is 0 Å². The Morgan fingerprint density at radius 1 is 0.950 bits per heavy atom. The fourth-order valence-corrected chi connectivity index (χ4v) is 6.37. The van der Waals surface area contributed by atoms with Crippen molar-refractivity contribution in [3.63, 3.8) is 0 Å². The summed E-state index contributed by atoms with van der Waals surface area (Å²) in [6, 6.07) is 15.6. The van der Waals surface area contributed by atoms with Crippen LogP contribution in [-0.4, -0.2) is 14.6 Å². The number of fused-ring (bicyclic) bond motifs is 2. The molecule has 0 N–H and O–H groups in total. The third-order valence-electron chi connectivity index (χ3n) is 3.78. The van der Waals surface area contributed by atoms with E-state index >= 15 is 0 Å². The van der Waals surface area contributed by atoms with Gasteiger partial charge < -0.3 is 4.90 Å². The average molecular weight is 300 g/mol. The Bertz CT molecular complexity index is 646. The zero-order valence-corrected chi connectivity index (χ0v) is 14.4. The van der Waals surface area contributed by atoms with Crippen molar-refractivity contribution in [3.05, 3.63) is 42.5 Å². The van der Waals surface area contributed by atoms with Gasteiger partial charge in [0.1, 0.15) is 0 Å². The van der Waals surface area contributed by atoms with Crippen LogP contribution in [0.3, 0.4) is 0 Å². The normalized spacial score (nSPS) is 13.9. The molecule has 0 aliphatic carbocycles. The van der Waals surface area contributed by atoms with E-state index in [2.05, 4.69) is 73.9 Å². The Labute approximate surface area is 127 Å². The van der Waals surface area contributed by atoms with Gasteiger partial charge in [0, 0.05) is 16.3 Å². The average Bonchev–Trinajstić information content (AvgIpc) is 2.43.